The number of anilines is 1. The molecule has 3 aromatic rings. The van der Waals surface area contributed by atoms with Crippen molar-refractivity contribution < 1.29 is 28.8 Å². The number of phenols is 1. The number of ether oxygens (including phenoxy) is 5. The van der Waals surface area contributed by atoms with Gasteiger partial charge in [-0.05, 0) is 29.8 Å². The molecule has 2 aromatic carbocycles. The van der Waals surface area contributed by atoms with Crippen LogP contribution in [0.1, 0.15) is 17.2 Å². The summed E-state index contributed by atoms with van der Waals surface area (Å²) in [6.07, 6.45) is 3.25. The summed E-state index contributed by atoms with van der Waals surface area (Å²) in [5, 5.41) is 14.0. The molecule has 1 aliphatic rings. The lowest BCUT2D eigenvalue weighted by Crippen LogP contribution is -2.15. The molecule has 4 rings (SSSR count). The van der Waals surface area contributed by atoms with Crippen LogP contribution in [0.2, 0.25) is 0 Å². The van der Waals surface area contributed by atoms with E-state index in [0.29, 0.717) is 40.3 Å². The lowest BCUT2D eigenvalue weighted by atomic mass is 9.96. The van der Waals surface area contributed by atoms with Crippen molar-refractivity contribution in [3.8, 4) is 34.5 Å². The highest BCUT2D eigenvalue weighted by Crippen LogP contribution is 2.45. The van der Waals surface area contributed by atoms with E-state index in [9.17, 15) is 5.11 Å². The predicted molar refractivity (Wildman–Crippen MR) is 108 cm³/mol. The highest BCUT2D eigenvalue weighted by Gasteiger charge is 2.26. The van der Waals surface area contributed by atoms with Gasteiger partial charge in [-0.25, -0.2) is 9.97 Å². The topological polar surface area (TPSA) is 104 Å². The molecule has 0 saturated carbocycles. The van der Waals surface area contributed by atoms with Crippen LogP contribution in [0.3, 0.4) is 0 Å². The Labute approximate surface area is 173 Å². The SMILES string of the molecule is COc1cc(C(Nc2ncccn2)c2cc3c(cc2O)OCO3)cc(OC)c1OC. The Balaban J connectivity index is 1.86. The summed E-state index contributed by atoms with van der Waals surface area (Å²) in [6.45, 7) is 0.0995. The summed E-state index contributed by atoms with van der Waals surface area (Å²) in [7, 11) is 4.63. The number of aromatic hydroxyl groups is 1. The zero-order valence-electron chi connectivity index (χ0n) is 16.7. The second-order valence-electron chi connectivity index (χ2n) is 6.37. The van der Waals surface area contributed by atoms with Gasteiger partial charge in [0.2, 0.25) is 18.5 Å². The predicted octanol–water partition coefficient (Wildman–Crippen LogP) is 3.14. The van der Waals surface area contributed by atoms with E-state index in [4.69, 9.17) is 23.7 Å². The van der Waals surface area contributed by atoms with Gasteiger partial charge in [0.25, 0.3) is 0 Å². The summed E-state index contributed by atoms with van der Waals surface area (Å²) < 4.78 is 27.2. The average molecular weight is 411 g/mol. The third kappa shape index (κ3) is 3.57. The number of aromatic nitrogens is 2. The smallest absolute Gasteiger partial charge is 0.231 e. The van der Waals surface area contributed by atoms with E-state index in [1.165, 1.54) is 13.2 Å². The van der Waals surface area contributed by atoms with Crippen molar-refractivity contribution in [3.63, 3.8) is 0 Å². The minimum Gasteiger partial charge on any atom is -0.507 e. The van der Waals surface area contributed by atoms with Crippen molar-refractivity contribution in [1.29, 1.82) is 0 Å². The van der Waals surface area contributed by atoms with Crippen LogP contribution in [0.5, 0.6) is 34.5 Å². The number of phenolic OH excluding ortho intramolecular Hbond substituents is 1. The van der Waals surface area contributed by atoms with Gasteiger partial charge in [-0.15, -0.1) is 0 Å². The number of nitrogens with one attached hydrogen (secondary N) is 1. The summed E-state index contributed by atoms with van der Waals surface area (Å²) in [6, 6.07) is 8.00. The maximum atomic E-state index is 10.7. The fourth-order valence-corrected chi connectivity index (χ4v) is 3.29. The van der Waals surface area contributed by atoms with Gasteiger partial charge in [0, 0.05) is 24.0 Å². The first-order valence-electron chi connectivity index (χ1n) is 9.10. The molecule has 9 heteroatoms. The molecular weight excluding hydrogens is 390 g/mol. The molecule has 0 amide bonds. The van der Waals surface area contributed by atoms with Crippen LogP contribution < -0.4 is 29.0 Å². The van der Waals surface area contributed by atoms with E-state index in [-0.39, 0.29) is 12.5 Å². The average Bonchev–Trinajstić information content (AvgIpc) is 3.23. The molecule has 1 aliphatic heterocycles. The fourth-order valence-electron chi connectivity index (χ4n) is 3.29. The van der Waals surface area contributed by atoms with E-state index >= 15 is 0 Å². The van der Waals surface area contributed by atoms with Crippen LogP contribution in [0, 0.1) is 0 Å². The molecular formula is C21H21N3O6. The number of methoxy groups -OCH3 is 3. The minimum absolute atomic E-state index is 0.0291. The monoisotopic (exact) mass is 411 g/mol. The van der Waals surface area contributed by atoms with Crippen LogP contribution in [0.4, 0.5) is 5.95 Å². The van der Waals surface area contributed by atoms with Crippen LogP contribution in [0.15, 0.2) is 42.7 Å². The Morgan fingerprint density at radius 1 is 0.933 bits per heavy atom. The normalized spacial score (nSPS) is 12.9. The standard InChI is InChI=1S/C21H21N3O6/c1-26-17-7-12(8-18(27-2)20(17)28-3)19(24-21-22-5-4-6-23-21)13-9-15-16(10-14(13)25)30-11-29-15/h4-10,19,25H,11H2,1-3H3,(H,22,23,24). The van der Waals surface area contributed by atoms with Gasteiger partial charge in [0.1, 0.15) is 5.75 Å². The van der Waals surface area contributed by atoms with E-state index in [1.807, 2.05) is 0 Å². The summed E-state index contributed by atoms with van der Waals surface area (Å²) in [5.41, 5.74) is 1.27. The van der Waals surface area contributed by atoms with E-state index in [1.54, 1.807) is 50.9 Å². The van der Waals surface area contributed by atoms with Gasteiger partial charge in [0.05, 0.1) is 27.4 Å². The maximum absolute atomic E-state index is 10.7. The van der Waals surface area contributed by atoms with Gasteiger partial charge >= 0.3 is 0 Å². The van der Waals surface area contributed by atoms with Crippen molar-refractivity contribution in [2.45, 2.75) is 6.04 Å². The molecule has 0 radical (unpaired) electrons. The number of hydrogen-bond acceptors (Lipinski definition) is 9. The second kappa shape index (κ2) is 8.24. The van der Waals surface area contributed by atoms with E-state index in [2.05, 4.69) is 15.3 Å². The van der Waals surface area contributed by atoms with Crippen LogP contribution >= 0.6 is 0 Å². The molecule has 156 valence electrons. The molecule has 0 spiro atoms. The third-order valence-electron chi connectivity index (χ3n) is 4.69. The lowest BCUT2D eigenvalue weighted by Gasteiger charge is -2.23. The first-order chi connectivity index (χ1) is 14.6. The molecule has 0 bridgehead atoms. The first kappa shape index (κ1) is 19.4. The molecule has 2 N–H and O–H groups in total. The van der Waals surface area contributed by atoms with Gasteiger partial charge in [-0.1, -0.05) is 0 Å². The summed E-state index contributed by atoms with van der Waals surface area (Å²) >= 11 is 0. The van der Waals surface area contributed by atoms with Gasteiger partial charge in [-0.2, -0.15) is 0 Å². The highest BCUT2D eigenvalue weighted by atomic mass is 16.7. The largest absolute Gasteiger partial charge is 0.507 e. The van der Waals surface area contributed by atoms with E-state index < -0.39 is 6.04 Å². The van der Waals surface area contributed by atoms with Gasteiger partial charge < -0.3 is 34.1 Å². The molecule has 0 aliphatic carbocycles. The number of rotatable bonds is 7. The Hall–Kier alpha value is -3.88. The quantitative estimate of drug-likeness (QED) is 0.607. The van der Waals surface area contributed by atoms with Gasteiger partial charge in [0.15, 0.2) is 23.0 Å². The molecule has 1 atom stereocenters. The van der Waals surface area contributed by atoms with Crippen molar-refractivity contribution in [1.82, 2.24) is 9.97 Å². The third-order valence-corrected chi connectivity index (χ3v) is 4.69. The number of benzene rings is 2. The zero-order valence-corrected chi connectivity index (χ0v) is 16.7. The van der Waals surface area contributed by atoms with Crippen molar-refractivity contribution in [3.05, 3.63) is 53.9 Å². The van der Waals surface area contributed by atoms with Crippen LogP contribution in [0.25, 0.3) is 0 Å². The molecule has 30 heavy (non-hydrogen) atoms. The highest BCUT2D eigenvalue weighted by molar-refractivity contribution is 5.60. The zero-order chi connectivity index (χ0) is 21.1. The first-order valence-corrected chi connectivity index (χ1v) is 9.10. The second-order valence-corrected chi connectivity index (χ2v) is 6.37. The van der Waals surface area contributed by atoms with E-state index in [0.717, 1.165) is 5.56 Å². The maximum Gasteiger partial charge on any atom is 0.231 e. The fraction of sp³-hybridized carbons (Fsp3) is 0.238. The molecule has 0 fully saturated rings. The molecule has 2 heterocycles. The van der Waals surface area contributed by atoms with Crippen LogP contribution in [-0.4, -0.2) is 43.2 Å². The molecule has 1 aromatic heterocycles. The number of hydrogen-bond donors (Lipinski definition) is 2. The van der Waals surface area contributed by atoms with Crippen LogP contribution in [-0.2, 0) is 0 Å². The summed E-state index contributed by atoms with van der Waals surface area (Å²) in [4.78, 5) is 8.49. The minimum atomic E-state index is -0.560. The number of fused-ring (bicyclic) bond motifs is 1. The van der Waals surface area contributed by atoms with Crippen molar-refractivity contribution >= 4 is 5.95 Å². The summed E-state index contributed by atoms with van der Waals surface area (Å²) in [5.74, 6) is 2.86. The van der Waals surface area contributed by atoms with Gasteiger partial charge in [-0.3, -0.25) is 0 Å². The Bertz CT molecular complexity index is 1020. The Morgan fingerprint density at radius 3 is 2.17 bits per heavy atom. The number of nitrogens with zero attached hydrogens (tertiary/aromatic N) is 2. The Kier molecular flexibility index (Phi) is 5.34. The van der Waals surface area contributed by atoms with Crippen molar-refractivity contribution in [2.75, 3.05) is 33.4 Å². The molecule has 1 unspecified atom stereocenters. The lowest BCUT2D eigenvalue weighted by molar-refractivity contribution is 0.174. The van der Waals surface area contributed by atoms with Crippen molar-refractivity contribution in [2.24, 2.45) is 0 Å². The molecule has 0 saturated heterocycles. The molecule has 9 nitrogen and oxygen atoms in total. The Morgan fingerprint density at radius 2 is 1.57 bits per heavy atom.